The van der Waals surface area contributed by atoms with Crippen molar-refractivity contribution in [3.8, 4) is 0 Å². The molecule has 3 N–H and O–H groups in total. The first-order chi connectivity index (χ1) is 9.08. The average Bonchev–Trinajstić information content (AvgIpc) is 2.40. The fourth-order valence-electron chi connectivity index (χ4n) is 1.82. The smallest absolute Gasteiger partial charge is 0.225 e. The first kappa shape index (κ1) is 15.6. The third-order valence-corrected chi connectivity index (χ3v) is 3.24. The second kappa shape index (κ2) is 7.86. The highest BCUT2D eigenvalue weighted by Crippen LogP contribution is 2.15. The van der Waals surface area contributed by atoms with E-state index in [-0.39, 0.29) is 5.91 Å². The van der Waals surface area contributed by atoms with Crippen LogP contribution in [0.15, 0.2) is 24.3 Å². The van der Waals surface area contributed by atoms with E-state index in [2.05, 4.69) is 24.1 Å². The maximum atomic E-state index is 11.9. The summed E-state index contributed by atoms with van der Waals surface area (Å²) in [5.41, 5.74) is 7.01. The molecule has 0 aliphatic heterocycles. The highest BCUT2D eigenvalue weighted by atomic mass is 32.1. The molecule has 0 spiro atoms. The van der Waals surface area contributed by atoms with Crippen LogP contribution in [0.2, 0.25) is 0 Å². The number of rotatable bonds is 7. The summed E-state index contributed by atoms with van der Waals surface area (Å²) in [7, 11) is 0. The zero-order valence-corrected chi connectivity index (χ0v) is 12.3. The molecule has 1 aromatic carbocycles. The van der Waals surface area contributed by atoms with Gasteiger partial charge in [0.25, 0.3) is 0 Å². The van der Waals surface area contributed by atoms with Gasteiger partial charge in [0.15, 0.2) is 0 Å². The van der Waals surface area contributed by atoms with Crippen molar-refractivity contribution in [2.75, 3.05) is 25.0 Å². The summed E-state index contributed by atoms with van der Waals surface area (Å²) in [5.74, 6) is -0.0180. The van der Waals surface area contributed by atoms with Crippen molar-refractivity contribution in [2.45, 2.75) is 20.3 Å². The monoisotopic (exact) mass is 279 g/mol. The first-order valence-corrected chi connectivity index (χ1v) is 6.90. The van der Waals surface area contributed by atoms with Crippen LogP contribution in [-0.4, -0.2) is 35.4 Å². The van der Waals surface area contributed by atoms with Crippen molar-refractivity contribution < 1.29 is 4.79 Å². The summed E-state index contributed by atoms with van der Waals surface area (Å²) in [5, 5.41) is 2.86. The predicted molar refractivity (Wildman–Crippen MR) is 83.4 cm³/mol. The number of anilines is 1. The molecule has 1 rings (SSSR count). The van der Waals surface area contributed by atoms with Gasteiger partial charge in [-0.2, -0.15) is 0 Å². The molecule has 0 aliphatic carbocycles. The fourth-order valence-corrected chi connectivity index (χ4v) is 2.00. The largest absolute Gasteiger partial charge is 0.389 e. The average molecular weight is 279 g/mol. The SMILES string of the molecule is CCN(CC)CCC(=O)Nc1ccccc1C(N)=S. The Hall–Kier alpha value is -1.46. The van der Waals surface area contributed by atoms with Gasteiger partial charge >= 0.3 is 0 Å². The zero-order valence-electron chi connectivity index (χ0n) is 11.5. The number of para-hydroxylation sites is 1. The van der Waals surface area contributed by atoms with Crippen LogP contribution in [0.3, 0.4) is 0 Å². The molecule has 104 valence electrons. The van der Waals surface area contributed by atoms with Crippen LogP contribution >= 0.6 is 12.2 Å². The fraction of sp³-hybridized carbons (Fsp3) is 0.429. The molecule has 1 aromatic rings. The van der Waals surface area contributed by atoms with Crippen molar-refractivity contribution in [3.05, 3.63) is 29.8 Å². The Morgan fingerprint density at radius 1 is 1.32 bits per heavy atom. The molecule has 0 heterocycles. The lowest BCUT2D eigenvalue weighted by Crippen LogP contribution is -2.27. The molecule has 0 saturated carbocycles. The van der Waals surface area contributed by atoms with Gasteiger partial charge in [0.2, 0.25) is 5.91 Å². The van der Waals surface area contributed by atoms with Crippen molar-refractivity contribution >= 4 is 28.8 Å². The van der Waals surface area contributed by atoms with Crippen LogP contribution < -0.4 is 11.1 Å². The van der Waals surface area contributed by atoms with Crippen LogP contribution in [0.25, 0.3) is 0 Å². The van der Waals surface area contributed by atoms with Gasteiger partial charge in [0.05, 0.1) is 5.69 Å². The molecule has 19 heavy (non-hydrogen) atoms. The lowest BCUT2D eigenvalue weighted by Gasteiger charge is -2.17. The zero-order chi connectivity index (χ0) is 14.3. The van der Waals surface area contributed by atoms with E-state index in [0.717, 1.165) is 19.6 Å². The van der Waals surface area contributed by atoms with Crippen LogP contribution in [0.5, 0.6) is 0 Å². The summed E-state index contributed by atoms with van der Waals surface area (Å²) in [4.78, 5) is 14.4. The van der Waals surface area contributed by atoms with Crippen LogP contribution in [0.4, 0.5) is 5.69 Å². The van der Waals surface area contributed by atoms with E-state index in [1.807, 2.05) is 24.3 Å². The van der Waals surface area contributed by atoms with Gasteiger partial charge in [-0.25, -0.2) is 0 Å². The van der Waals surface area contributed by atoms with Gasteiger partial charge in [-0.1, -0.05) is 38.2 Å². The number of carbonyl (C=O) groups is 1. The Bertz CT molecular complexity index is 444. The highest BCUT2D eigenvalue weighted by Gasteiger charge is 2.09. The maximum Gasteiger partial charge on any atom is 0.225 e. The predicted octanol–water partition coefficient (Wildman–Crippen LogP) is 1.99. The Kier molecular flexibility index (Phi) is 6.45. The Morgan fingerprint density at radius 2 is 1.95 bits per heavy atom. The van der Waals surface area contributed by atoms with E-state index in [1.54, 1.807) is 0 Å². The summed E-state index contributed by atoms with van der Waals surface area (Å²) in [6, 6.07) is 7.31. The van der Waals surface area contributed by atoms with E-state index in [4.69, 9.17) is 18.0 Å². The molecule has 0 saturated heterocycles. The number of benzene rings is 1. The number of carbonyl (C=O) groups excluding carboxylic acids is 1. The minimum absolute atomic E-state index is 0.0180. The van der Waals surface area contributed by atoms with Crippen molar-refractivity contribution in [1.29, 1.82) is 0 Å². The maximum absolute atomic E-state index is 11.9. The molecule has 0 aliphatic rings. The van der Waals surface area contributed by atoms with Crippen LogP contribution in [-0.2, 0) is 4.79 Å². The van der Waals surface area contributed by atoms with E-state index in [9.17, 15) is 4.79 Å². The molecule has 0 fully saturated rings. The molecular formula is C14H21N3OS. The number of thiocarbonyl (C=S) groups is 1. The molecule has 0 aromatic heterocycles. The van der Waals surface area contributed by atoms with Gasteiger partial charge in [-0.05, 0) is 25.2 Å². The summed E-state index contributed by atoms with van der Waals surface area (Å²) in [6.45, 7) is 6.84. The molecule has 4 nitrogen and oxygen atoms in total. The van der Waals surface area contributed by atoms with E-state index in [1.165, 1.54) is 0 Å². The van der Waals surface area contributed by atoms with Crippen molar-refractivity contribution in [3.63, 3.8) is 0 Å². The molecular weight excluding hydrogens is 258 g/mol. The summed E-state index contributed by atoms with van der Waals surface area (Å²) < 4.78 is 0. The van der Waals surface area contributed by atoms with E-state index >= 15 is 0 Å². The van der Waals surface area contributed by atoms with E-state index < -0.39 is 0 Å². The number of nitrogens with zero attached hydrogens (tertiary/aromatic N) is 1. The lowest BCUT2D eigenvalue weighted by atomic mass is 10.1. The molecule has 0 bridgehead atoms. The normalized spacial score (nSPS) is 10.5. The standard InChI is InChI=1S/C14H21N3OS/c1-3-17(4-2)10-9-13(18)16-12-8-6-5-7-11(12)14(15)19/h5-8H,3-4,9-10H2,1-2H3,(H2,15,19)(H,16,18). The lowest BCUT2D eigenvalue weighted by molar-refractivity contribution is -0.116. The Labute approximate surface area is 120 Å². The Morgan fingerprint density at radius 3 is 2.53 bits per heavy atom. The topological polar surface area (TPSA) is 58.4 Å². The molecule has 1 amide bonds. The number of hydrogen-bond donors (Lipinski definition) is 2. The third-order valence-electron chi connectivity index (χ3n) is 3.02. The highest BCUT2D eigenvalue weighted by molar-refractivity contribution is 7.80. The molecule has 5 heteroatoms. The molecule has 0 unspecified atom stereocenters. The van der Waals surface area contributed by atoms with Crippen molar-refractivity contribution in [2.24, 2.45) is 5.73 Å². The Balaban J connectivity index is 2.60. The van der Waals surface area contributed by atoms with Crippen molar-refractivity contribution in [1.82, 2.24) is 4.90 Å². The number of nitrogens with two attached hydrogens (primary N) is 1. The third kappa shape index (κ3) is 4.96. The second-order valence-electron chi connectivity index (χ2n) is 4.23. The van der Waals surface area contributed by atoms with Gasteiger partial charge in [0, 0.05) is 18.5 Å². The first-order valence-electron chi connectivity index (χ1n) is 6.49. The van der Waals surface area contributed by atoms with E-state index in [0.29, 0.717) is 22.7 Å². The number of nitrogens with one attached hydrogen (secondary N) is 1. The van der Waals surface area contributed by atoms with Gasteiger partial charge in [-0.3, -0.25) is 4.79 Å². The van der Waals surface area contributed by atoms with Gasteiger partial charge in [-0.15, -0.1) is 0 Å². The van der Waals surface area contributed by atoms with Gasteiger partial charge < -0.3 is 16.0 Å². The summed E-state index contributed by atoms with van der Waals surface area (Å²) in [6.07, 6.45) is 0.466. The minimum Gasteiger partial charge on any atom is -0.389 e. The van der Waals surface area contributed by atoms with Crippen LogP contribution in [0, 0.1) is 0 Å². The second-order valence-corrected chi connectivity index (χ2v) is 4.67. The quantitative estimate of drug-likeness (QED) is 0.749. The van der Waals surface area contributed by atoms with Crippen LogP contribution in [0.1, 0.15) is 25.8 Å². The number of amides is 1. The minimum atomic E-state index is -0.0180. The number of hydrogen-bond acceptors (Lipinski definition) is 3. The van der Waals surface area contributed by atoms with Gasteiger partial charge in [0.1, 0.15) is 4.99 Å². The summed E-state index contributed by atoms with van der Waals surface area (Å²) >= 11 is 4.96. The molecule has 0 atom stereocenters. The molecule has 0 radical (unpaired) electrons.